The molecular formula is C21H17ClN6O. The highest BCUT2D eigenvalue weighted by Crippen LogP contribution is 2.19. The molecular weight excluding hydrogens is 388 g/mol. The lowest BCUT2D eigenvalue weighted by Crippen LogP contribution is -2.14. The topological polar surface area (TPSA) is 84.7 Å². The van der Waals surface area contributed by atoms with E-state index in [1.54, 1.807) is 23.1 Å². The van der Waals surface area contributed by atoms with Gasteiger partial charge in [-0.2, -0.15) is 5.10 Å². The van der Waals surface area contributed by atoms with Crippen LogP contribution < -0.4 is 10.6 Å². The van der Waals surface area contributed by atoms with Crippen molar-refractivity contribution in [1.82, 2.24) is 20.0 Å². The van der Waals surface area contributed by atoms with Crippen LogP contribution >= 0.6 is 11.6 Å². The Morgan fingerprint density at radius 2 is 1.72 bits per heavy atom. The molecule has 2 aromatic carbocycles. The summed E-state index contributed by atoms with van der Waals surface area (Å²) >= 11 is 6.10. The van der Waals surface area contributed by atoms with E-state index in [-0.39, 0.29) is 12.3 Å². The average Bonchev–Trinajstić information content (AvgIpc) is 3.27. The molecule has 0 unspecified atom stereocenters. The summed E-state index contributed by atoms with van der Waals surface area (Å²) in [4.78, 5) is 12.2. The second kappa shape index (κ2) is 8.53. The molecule has 0 atom stereocenters. The number of amides is 1. The van der Waals surface area contributed by atoms with Crippen molar-refractivity contribution in [2.75, 3.05) is 10.6 Å². The van der Waals surface area contributed by atoms with Gasteiger partial charge in [-0.25, -0.2) is 4.68 Å². The smallest absolute Gasteiger partial charge is 0.228 e. The zero-order valence-electron chi connectivity index (χ0n) is 15.3. The molecule has 0 saturated carbocycles. The van der Waals surface area contributed by atoms with Crippen LogP contribution in [0.1, 0.15) is 5.56 Å². The van der Waals surface area contributed by atoms with Gasteiger partial charge in [0.2, 0.25) is 5.91 Å². The number of carbonyl (C=O) groups is 1. The number of nitrogens with one attached hydrogen (secondary N) is 2. The zero-order chi connectivity index (χ0) is 20.1. The maximum absolute atomic E-state index is 12.2. The van der Waals surface area contributed by atoms with Gasteiger partial charge in [0.05, 0.1) is 6.42 Å². The molecule has 144 valence electrons. The number of carbonyl (C=O) groups excluding carboxylic acids is 1. The van der Waals surface area contributed by atoms with Crippen molar-refractivity contribution in [3.05, 3.63) is 89.7 Å². The van der Waals surface area contributed by atoms with Crippen molar-refractivity contribution < 1.29 is 4.79 Å². The summed E-state index contributed by atoms with van der Waals surface area (Å²) in [7, 11) is 0. The van der Waals surface area contributed by atoms with Gasteiger partial charge in [0, 0.05) is 28.8 Å². The summed E-state index contributed by atoms with van der Waals surface area (Å²) in [5.74, 6) is 1.12. The Morgan fingerprint density at radius 1 is 0.931 bits per heavy atom. The molecule has 1 amide bonds. The highest BCUT2D eigenvalue weighted by atomic mass is 35.5. The largest absolute Gasteiger partial charge is 0.339 e. The molecule has 0 aliphatic rings. The van der Waals surface area contributed by atoms with Gasteiger partial charge in [-0.1, -0.05) is 29.8 Å². The van der Waals surface area contributed by atoms with Crippen LogP contribution in [0.2, 0.25) is 5.02 Å². The van der Waals surface area contributed by atoms with E-state index in [2.05, 4.69) is 25.9 Å². The van der Waals surface area contributed by atoms with Gasteiger partial charge in [0.25, 0.3) is 0 Å². The third-order valence-corrected chi connectivity index (χ3v) is 4.51. The van der Waals surface area contributed by atoms with Gasteiger partial charge in [0.15, 0.2) is 11.6 Å². The number of rotatable bonds is 6. The van der Waals surface area contributed by atoms with Crippen LogP contribution in [0.4, 0.5) is 17.2 Å². The lowest BCUT2D eigenvalue weighted by molar-refractivity contribution is -0.115. The molecule has 0 fully saturated rings. The minimum absolute atomic E-state index is 0.126. The van der Waals surface area contributed by atoms with E-state index in [9.17, 15) is 4.79 Å². The van der Waals surface area contributed by atoms with Crippen molar-refractivity contribution in [3.63, 3.8) is 0 Å². The van der Waals surface area contributed by atoms with E-state index in [4.69, 9.17) is 11.6 Å². The number of hydrogen-bond donors (Lipinski definition) is 2. The van der Waals surface area contributed by atoms with Crippen molar-refractivity contribution in [3.8, 4) is 5.82 Å². The summed E-state index contributed by atoms with van der Waals surface area (Å²) < 4.78 is 1.64. The molecule has 0 bridgehead atoms. The molecule has 4 aromatic rings. The molecule has 2 N–H and O–H groups in total. The first kappa shape index (κ1) is 18.6. The van der Waals surface area contributed by atoms with E-state index >= 15 is 0 Å². The molecule has 7 nitrogen and oxygen atoms in total. The van der Waals surface area contributed by atoms with Gasteiger partial charge >= 0.3 is 0 Å². The second-order valence-corrected chi connectivity index (χ2v) is 6.65. The van der Waals surface area contributed by atoms with Gasteiger partial charge in [-0.15, -0.1) is 10.2 Å². The lowest BCUT2D eigenvalue weighted by Gasteiger charge is -2.09. The predicted octanol–water partition coefficient (Wildman–Crippen LogP) is 4.24. The number of hydrogen-bond acceptors (Lipinski definition) is 5. The fraction of sp³-hybridized carbons (Fsp3) is 0.0476. The maximum Gasteiger partial charge on any atom is 0.228 e. The fourth-order valence-corrected chi connectivity index (χ4v) is 2.93. The molecule has 8 heteroatoms. The Bertz CT molecular complexity index is 1090. The molecule has 0 aliphatic heterocycles. The Kier molecular flexibility index (Phi) is 5.49. The van der Waals surface area contributed by atoms with Gasteiger partial charge in [-0.3, -0.25) is 4.79 Å². The van der Waals surface area contributed by atoms with Crippen LogP contribution in [0.5, 0.6) is 0 Å². The Labute approximate surface area is 172 Å². The van der Waals surface area contributed by atoms with Crippen molar-refractivity contribution >= 4 is 34.7 Å². The SMILES string of the molecule is O=C(Cc1ccccc1Cl)Nc1ccc(Nc2ccc(-n3cccn3)nn2)cc1. The molecule has 0 radical (unpaired) electrons. The van der Waals surface area contributed by atoms with E-state index in [1.807, 2.05) is 60.7 Å². The molecule has 0 spiro atoms. The van der Waals surface area contributed by atoms with Gasteiger partial charge in [0.1, 0.15) is 0 Å². The number of anilines is 3. The summed E-state index contributed by atoms with van der Waals surface area (Å²) in [6.45, 7) is 0. The highest BCUT2D eigenvalue weighted by molar-refractivity contribution is 6.31. The van der Waals surface area contributed by atoms with Gasteiger partial charge in [-0.05, 0) is 54.1 Å². The Hall–Kier alpha value is -3.71. The minimum atomic E-state index is -0.126. The van der Waals surface area contributed by atoms with Crippen LogP contribution in [0.25, 0.3) is 5.82 Å². The molecule has 29 heavy (non-hydrogen) atoms. The number of aromatic nitrogens is 4. The highest BCUT2D eigenvalue weighted by Gasteiger charge is 2.07. The molecule has 4 rings (SSSR count). The number of halogens is 1. The van der Waals surface area contributed by atoms with Crippen molar-refractivity contribution in [2.24, 2.45) is 0 Å². The summed E-state index contributed by atoms with van der Waals surface area (Å²) in [6.07, 6.45) is 3.70. The Morgan fingerprint density at radius 3 is 2.41 bits per heavy atom. The van der Waals surface area contributed by atoms with Crippen LogP contribution in [-0.2, 0) is 11.2 Å². The van der Waals surface area contributed by atoms with Crippen LogP contribution in [-0.4, -0.2) is 25.9 Å². The monoisotopic (exact) mass is 404 g/mol. The quantitative estimate of drug-likeness (QED) is 0.502. The molecule has 0 aliphatic carbocycles. The number of benzene rings is 2. The van der Waals surface area contributed by atoms with E-state index in [0.717, 1.165) is 11.3 Å². The van der Waals surface area contributed by atoms with Crippen LogP contribution in [0.15, 0.2) is 79.1 Å². The zero-order valence-corrected chi connectivity index (χ0v) is 16.0. The second-order valence-electron chi connectivity index (χ2n) is 6.25. The molecule has 0 saturated heterocycles. The first-order valence-corrected chi connectivity index (χ1v) is 9.29. The fourth-order valence-electron chi connectivity index (χ4n) is 2.72. The number of nitrogens with zero attached hydrogens (tertiary/aromatic N) is 4. The first-order chi connectivity index (χ1) is 14.2. The third kappa shape index (κ3) is 4.77. The van der Waals surface area contributed by atoms with Crippen molar-refractivity contribution in [1.29, 1.82) is 0 Å². The first-order valence-electron chi connectivity index (χ1n) is 8.91. The average molecular weight is 405 g/mol. The van der Waals surface area contributed by atoms with Crippen molar-refractivity contribution in [2.45, 2.75) is 6.42 Å². The standard InChI is InChI=1S/C21H17ClN6O/c22-18-5-2-1-4-15(18)14-21(29)25-17-8-6-16(7-9-17)24-19-10-11-20(27-26-19)28-13-3-12-23-28/h1-13H,14H2,(H,24,26)(H,25,29). The molecule has 2 aromatic heterocycles. The summed E-state index contributed by atoms with van der Waals surface area (Å²) in [6, 6.07) is 20.1. The van der Waals surface area contributed by atoms with E-state index < -0.39 is 0 Å². The normalized spacial score (nSPS) is 10.5. The molecule has 2 heterocycles. The van der Waals surface area contributed by atoms with E-state index in [0.29, 0.717) is 22.3 Å². The maximum atomic E-state index is 12.2. The minimum Gasteiger partial charge on any atom is -0.339 e. The van der Waals surface area contributed by atoms with E-state index in [1.165, 1.54) is 0 Å². The van der Waals surface area contributed by atoms with Crippen LogP contribution in [0.3, 0.4) is 0 Å². The summed E-state index contributed by atoms with van der Waals surface area (Å²) in [5, 5.41) is 19.0. The van der Waals surface area contributed by atoms with Gasteiger partial charge < -0.3 is 10.6 Å². The lowest BCUT2D eigenvalue weighted by atomic mass is 10.1. The predicted molar refractivity (Wildman–Crippen MR) is 113 cm³/mol. The summed E-state index contributed by atoms with van der Waals surface area (Å²) in [5.41, 5.74) is 2.32. The third-order valence-electron chi connectivity index (χ3n) is 4.14. The Balaban J connectivity index is 1.35. The van der Waals surface area contributed by atoms with Crippen LogP contribution in [0, 0.1) is 0 Å².